The molecule has 1 heterocycles. The Labute approximate surface area is 173 Å². The number of piperazine rings is 1. The molecule has 3 aromatic carbocycles. The van der Waals surface area contributed by atoms with Crippen molar-refractivity contribution in [3.63, 3.8) is 0 Å². The Bertz CT molecular complexity index is 1090. The van der Waals surface area contributed by atoms with E-state index < -0.39 is 12.6 Å². The summed E-state index contributed by atoms with van der Waals surface area (Å²) < 4.78 is 19.1. The van der Waals surface area contributed by atoms with Crippen LogP contribution in [0.15, 0.2) is 60.7 Å². The van der Waals surface area contributed by atoms with Gasteiger partial charge in [-0.2, -0.15) is 0 Å². The lowest BCUT2D eigenvalue weighted by Crippen LogP contribution is -2.50. The highest BCUT2D eigenvalue weighted by Gasteiger charge is 2.24. The Hall–Kier alpha value is -3.61. The van der Waals surface area contributed by atoms with E-state index >= 15 is 0 Å². The predicted molar refractivity (Wildman–Crippen MR) is 111 cm³/mol. The van der Waals surface area contributed by atoms with Gasteiger partial charge in [0.25, 0.3) is 5.91 Å². The Morgan fingerprint density at radius 1 is 0.933 bits per heavy atom. The molecule has 0 saturated carbocycles. The number of aromatic hydroxyl groups is 1. The predicted octanol–water partition coefficient (Wildman–Crippen LogP) is 3.19. The molecule has 1 aliphatic heterocycles. The molecule has 4 rings (SSSR count). The monoisotopic (exact) mass is 408 g/mol. The van der Waals surface area contributed by atoms with Gasteiger partial charge in [0, 0.05) is 26.2 Å². The minimum Gasteiger partial charge on any atom is -0.507 e. The number of benzene rings is 3. The summed E-state index contributed by atoms with van der Waals surface area (Å²) in [6, 6.07) is 16.9. The zero-order valence-corrected chi connectivity index (χ0v) is 16.3. The number of fused-ring (bicyclic) bond motifs is 1. The maximum absolute atomic E-state index is 13.9. The van der Waals surface area contributed by atoms with E-state index in [2.05, 4.69) is 0 Å². The Kier molecular flexibility index (Phi) is 5.52. The van der Waals surface area contributed by atoms with Crippen LogP contribution in [0.1, 0.15) is 10.4 Å². The summed E-state index contributed by atoms with van der Waals surface area (Å²) in [4.78, 5) is 28.3. The highest BCUT2D eigenvalue weighted by molar-refractivity contribution is 5.99. The van der Waals surface area contributed by atoms with Gasteiger partial charge in [-0.1, -0.05) is 36.4 Å². The van der Waals surface area contributed by atoms with Gasteiger partial charge >= 0.3 is 5.97 Å². The Morgan fingerprint density at radius 2 is 1.57 bits per heavy atom. The van der Waals surface area contributed by atoms with Gasteiger partial charge < -0.3 is 19.6 Å². The molecule has 0 unspecified atom stereocenters. The van der Waals surface area contributed by atoms with Gasteiger partial charge in [0.1, 0.15) is 17.1 Å². The van der Waals surface area contributed by atoms with Crippen LogP contribution in [0.5, 0.6) is 5.75 Å². The van der Waals surface area contributed by atoms with Gasteiger partial charge in [-0.3, -0.25) is 4.79 Å². The number of halogens is 1. The average Bonchev–Trinajstić information content (AvgIpc) is 2.77. The summed E-state index contributed by atoms with van der Waals surface area (Å²) in [5.74, 6) is -1.56. The first-order valence-electron chi connectivity index (χ1n) is 9.69. The summed E-state index contributed by atoms with van der Waals surface area (Å²) in [5.41, 5.74) is 0.536. The lowest BCUT2D eigenvalue weighted by Gasteiger charge is -2.36. The first kappa shape index (κ1) is 19.7. The molecule has 30 heavy (non-hydrogen) atoms. The van der Waals surface area contributed by atoms with Gasteiger partial charge in [-0.25, -0.2) is 9.18 Å². The number of nitrogens with zero attached hydrogens (tertiary/aromatic N) is 2. The topological polar surface area (TPSA) is 70.1 Å². The summed E-state index contributed by atoms with van der Waals surface area (Å²) in [5, 5.41) is 11.7. The van der Waals surface area contributed by atoms with Crippen LogP contribution in [0.3, 0.4) is 0 Å². The maximum atomic E-state index is 13.9. The Morgan fingerprint density at radius 3 is 2.27 bits per heavy atom. The standard InChI is InChI=1S/C23H21FN2O4/c24-19-7-3-4-8-20(19)25-9-11-26(12-10-25)22(28)15-30-23(29)18-13-16-5-1-2-6-17(16)14-21(18)27/h1-8,13-14,27H,9-12,15H2. The van der Waals surface area contributed by atoms with E-state index in [1.165, 1.54) is 12.1 Å². The first-order chi connectivity index (χ1) is 14.5. The highest BCUT2D eigenvalue weighted by atomic mass is 19.1. The molecule has 1 fully saturated rings. The lowest BCUT2D eigenvalue weighted by molar-refractivity contribution is -0.134. The summed E-state index contributed by atoms with van der Waals surface area (Å²) >= 11 is 0. The first-order valence-corrected chi connectivity index (χ1v) is 9.69. The number of ether oxygens (including phenoxy) is 1. The fraction of sp³-hybridized carbons (Fsp3) is 0.217. The lowest BCUT2D eigenvalue weighted by atomic mass is 10.1. The third kappa shape index (κ3) is 4.05. The largest absolute Gasteiger partial charge is 0.507 e. The number of anilines is 1. The van der Waals surface area contributed by atoms with E-state index in [0.717, 1.165) is 10.8 Å². The summed E-state index contributed by atoms with van der Waals surface area (Å²) in [7, 11) is 0. The van der Waals surface area contributed by atoms with Crippen molar-refractivity contribution in [1.29, 1.82) is 0 Å². The number of hydrogen-bond donors (Lipinski definition) is 1. The van der Waals surface area contributed by atoms with Crippen LogP contribution in [-0.4, -0.2) is 54.7 Å². The van der Waals surface area contributed by atoms with E-state index in [1.54, 1.807) is 29.2 Å². The van der Waals surface area contributed by atoms with Crippen molar-refractivity contribution in [2.75, 3.05) is 37.7 Å². The Balaban J connectivity index is 1.33. The normalized spacial score (nSPS) is 14.0. The molecule has 1 amide bonds. The molecule has 1 aliphatic rings. The second kappa shape index (κ2) is 8.41. The zero-order chi connectivity index (χ0) is 21.1. The quantitative estimate of drug-likeness (QED) is 0.672. The van der Waals surface area contributed by atoms with E-state index in [1.807, 2.05) is 29.2 Å². The zero-order valence-electron chi connectivity index (χ0n) is 16.3. The molecular weight excluding hydrogens is 387 g/mol. The van der Waals surface area contributed by atoms with Gasteiger partial charge in [-0.05, 0) is 35.0 Å². The van der Waals surface area contributed by atoms with E-state index in [4.69, 9.17) is 4.74 Å². The minimum atomic E-state index is -0.753. The van der Waals surface area contributed by atoms with Crippen LogP contribution >= 0.6 is 0 Å². The number of esters is 1. The van der Waals surface area contributed by atoms with Crippen molar-refractivity contribution >= 4 is 28.3 Å². The fourth-order valence-corrected chi connectivity index (χ4v) is 3.59. The van der Waals surface area contributed by atoms with Gasteiger partial charge in [0.05, 0.1) is 5.69 Å². The van der Waals surface area contributed by atoms with Gasteiger partial charge in [0.2, 0.25) is 0 Å². The molecule has 0 aliphatic carbocycles. The van der Waals surface area contributed by atoms with E-state index in [-0.39, 0.29) is 23.0 Å². The van der Waals surface area contributed by atoms with Crippen molar-refractivity contribution < 1.29 is 23.8 Å². The van der Waals surface area contributed by atoms with Crippen molar-refractivity contribution in [2.45, 2.75) is 0 Å². The molecule has 0 radical (unpaired) electrons. The average molecular weight is 408 g/mol. The van der Waals surface area contributed by atoms with E-state index in [0.29, 0.717) is 31.9 Å². The number of para-hydroxylation sites is 1. The summed E-state index contributed by atoms with van der Waals surface area (Å²) in [6.07, 6.45) is 0. The molecular formula is C23H21FN2O4. The number of amides is 1. The molecule has 0 aromatic heterocycles. The molecule has 154 valence electrons. The van der Waals surface area contributed by atoms with Crippen LogP contribution in [0, 0.1) is 5.82 Å². The number of phenolic OH excluding ortho intramolecular Hbond substituents is 1. The number of carbonyl (C=O) groups is 2. The molecule has 6 nitrogen and oxygen atoms in total. The number of phenols is 1. The molecule has 0 bridgehead atoms. The van der Waals surface area contributed by atoms with Crippen LogP contribution in [0.4, 0.5) is 10.1 Å². The molecule has 0 spiro atoms. The number of hydrogen-bond acceptors (Lipinski definition) is 5. The molecule has 1 saturated heterocycles. The van der Waals surface area contributed by atoms with Crippen LogP contribution in [0.25, 0.3) is 10.8 Å². The van der Waals surface area contributed by atoms with E-state index in [9.17, 15) is 19.1 Å². The smallest absolute Gasteiger partial charge is 0.342 e. The van der Waals surface area contributed by atoms with Crippen molar-refractivity contribution in [1.82, 2.24) is 4.90 Å². The molecule has 3 aromatic rings. The SMILES string of the molecule is O=C(OCC(=O)N1CCN(c2ccccc2F)CC1)c1cc2ccccc2cc1O. The fourth-order valence-electron chi connectivity index (χ4n) is 3.59. The maximum Gasteiger partial charge on any atom is 0.342 e. The highest BCUT2D eigenvalue weighted by Crippen LogP contribution is 2.25. The van der Waals surface area contributed by atoms with Crippen molar-refractivity contribution in [3.8, 4) is 5.75 Å². The molecule has 7 heteroatoms. The second-order valence-electron chi connectivity index (χ2n) is 7.11. The van der Waals surface area contributed by atoms with Crippen LogP contribution in [0.2, 0.25) is 0 Å². The molecule has 1 N–H and O–H groups in total. The molecule has 0 atom stereocenters. The number of carbonyl (C=O) groups excluding carboxylic acids is 2. The van der Waals surface area contributed by atoms with Crippen LogP contribution < -0.4 is 4.90 Å². The third-order valence-corrected chi connectivity index (χ3v) is 5.24. The number of rotatable bonds is 4. The van der Waals surface area contributed by atoms with Gasteiger partial charge in [0.15, 0.2) is 6.61 Å². The third-order valence-electron chi connectivity index (χ3n) is 5.24. The van der Waals surface area contributed by atoms with Crippen LogP contribution in [-0.2, 0) is 9.53 Å². The van der Waals surface area contributed by atoms with Crippen molar-refractivity contribution in [2.24, 2.45) is 0 Å². The summed E-state index contributed by atoms with van der Waals surface area (Å²) in [6.45, 7) is 1.39. The second-order valence-corrected chi connectivity index (χ2v) is 7.11. The minimum absolute atomic E-state index is 0.0193. The van der Waals surface area contributed by atoms with Gasteiger partial charge in [-0.15, -0.1) is 0 Å². The van der Waals surface area contributed by atoms with Crippen molar-refractivity contribution in [3.05, 3.63) is 72.0 Å².